The van der Waals surface area contributed by atoms with Gasteiger partial charge in [-0.2, -0.15) is 4.98 Å². The molecule has 2 aromatic heterocycles. The zero-order chi connectivity index (χ0) is 21.3. The molecule has 2 aromatic carbocycles. The summed E-state index contributed by atoms with van der Waals surface area (Å²) < 4.78 is 18.0. The molecule has 0 aliphatic carbocycles. The summed E-state index contributed by atoms with van der Waals surface area (Å²) in [6, 6.07) is 13.0. The highest BCUT2D eigenvalue weighted by Crippen LogP contribution is 2.36. The normalized spacial score (nSPS) is 10.9. The first-order valence-electron chi connectivity index (χ1n) is 9.09. The molecule has 0 fully saturated rings. The molecular formula is C21H19ClN4O4. The largest absolute Gasteiger partial charge is 0.493 e. The summed E-state index contributed by atoms with van der Waals surface area (Å²) in [6.07, 6.45) is 0. The monoisotopic (exact) mass is 426 g/mol. The van der Waals surface area contributed by atoms with Gasteiger partial charge >= 0.3 is 5.69 Å². The first-order chi connectivity index (χ1) is 14.5. The van der Waals surface area contributed by atoms with E-state index < -0.39 is 5.69 Å². The van der Waals surface area contributed by atoms with E-state index in [9.17, 15) is 4.79 Å². The van der Waals surface area contributed by atoms with Gasteiger partial charge in [0.2, 0.25) is 5.88 Å². The minimum absolute atomic E-state index is 0.276. The van der Waals surface area contributed by atoms with Gasteiger partial charge in [0, 0.05) is 12.1 Å². The maximum atomic E-state index is 12.8. The van der Waals surface area contributed by atoms with E-state index in [1.54, 1.807) is 19.1 Å². The molecule has 0 saturated heterocycles. The second-order valence-corrected chi connectivity index (χ2v) is 6.88. The molecule has 0 saturated carbocycles. The molecule has 0 unspecified atom stereocenters. The predicted octanol–water partition coefficient (Wildman–Crippen LogP) is 3.67. The fraction of sp³-hybridized carbons (Fsp3) is 0.190. The van der Waals surface area contributed by atoms with Crippen molar-refractivity contribution in [3.05, 3.63) is 69.4 Å². The topological polar surface area (TPSA) is 91.3 Å². The van der Waals surface area contributed by atoms with Crippen LogP contribution < -0.4 is 19.9 Å². The number of ether oxygens (including phenoxy) is 3. The molecule has 4 aromatic rings. The number of benzene rings is 2. The highest BCUT2D eigenvalue weighted by atomic mass is 35.5. The van der Waals surface area contributed by atoms with Gasteiger partial charge in [0.05, 0.1) is 24.9 Å². The molecule has 0 aliphatic rings. The molecule has 30 heavy (non-hydrogen) atoms. The van der Waals surface area contributed by atoms with Crippen molar-refractivity contribution in [1.82, 2.24) is 19.5 Å². The van der Waals surface area contributed by atoms with Gasteiger partial charge in [-0.05, 0) is 12.5 Å². The van der Waals surface area contributed by atoms with Crippen molar-refractivity contribution < 1.29 is 14.2 Å². The van der Waals surface area contributed by atoms with Gasteiger partial charge in [0.1, 0.15) is 17.9 Å². The summed E-state index contributed by atoms with van der Waals surface area (Å²) in [5.74, 6) is 1.63. The molecule has 154 valence electrons. The second-order valence-electron chi connectivity index (χ2n) is 6.47. The molecule has 8 nitrogen and oxygen atoms in total. The van der Waals surface area contributed by atoms with Crippen molar-refractivity contribution in [3.8, 4) is 23.1 Å². The number of rotatable bonds is 6. The van der Waals surface area contributed by atoms with Crippen molar-refractivity contribution in [2.75, 3.05) is 14.2 Å². The number of aromatic nitrogens is 4. The number of aromatic amines is 1. The highest BCUT2D eigenvalue weighted by molar-refractivity contribution is 6.32. The second kappa shape index (κ2) is 8.08. The zero-order valence-electron chi connectivity index (χ0n) is 16.6. The summed E-state index contributed by atoms with van der Waals surface area (Å²) in [5, 5.41) is 0.303. The van der Waals surface area contributed by atoms with E-state index in [1.807, 2.05) is 30.3 Å². The molecule has 4 rings (SSSR count). The smallest absolute Gasteiger partial charge is 0.332 e. The zero-order valence-corrected chi connectivity index (χ0v) is 17.4. The predicted molar refractivity (Wildman–Crippen MR) is 113 cm³/mol. The van der Waals surface area contributed by atoms with E-state index in [-0.39, 0.29) is 5.88 Å². The first kappa shape index (κ1) is 19.8. The number of aryl methyl sites for hydroxylation is 1. The van der Waals surface area contributed by atoms with E-state index in [0.29, 0.717) is 45.8 Å². The molecule has 9 heteroatoms. The average molecular weight is 427 g/mol. The van der Waals surface area contributed by atoms with Crippen molar-refractivity contribution in [2.24, 2.45) is 0 Å². The van der Waals surface area contributed by atoms with Crippen LogP contribution in [0.1, 0.15) is 11.4 Å². The third kappa shape index (κ3) is 3.57. The van der Waals surface area contributed by atoms with Gasteiger partial charge in [-0.15, -0.1) is 0 Å². The molecule has 0 radical (unpaired) electrons. The first-order valence-corrected chi connectivity index (χ1v) is 9.47. The Hall–Kier alpha value is -3.52. The van der Waals surface area contributed by atoms with E-state index in [0.717, 1.165) is 5.56 Å². The van der Waals surface area contributed by atoms with E-state index in [2.05, 4.69) is 15.0 Å². The van der Waals surface area contributed by atoms with Gasteiger partial charge in [-0.1, -0.05) is 41.9 Å². The number of nitrogens with zero attached hydrogens (tertiary/aromatic N) is 3. The van der Waals surface area contributed by atoms with Crippen molar-refractivity contribution in [1.29, 1.82) is 0 Å². The average Bonchev–Trinajstić information content (AvgIpc) is 3.08. The fourth-order valence-corrected chi connectivity index (χ4v) is 3.38. The van der Waals surface area contributed by atoms with Crippen molar-refractivity contribution in [3.63, 3.8) is 0 Å². The summed E-state index contributed by atoms with van der Waals surface area (Å²) in [5.41, 5.74) is 1.70. The molecule has 0 bridgehead atoms. The number of H-pyrrole nitrogens is 1. The molecule has 0 aliphatic heterocycles. The Morgan fingerprint density at radius 2 is 1.83 bits per heavy atom. The van der Waals surface area contributed by atoms with Crippen LogP contribution in [0.2, 0.25) is 5.02 Å². The molecular weight excluding hydrogens is 408 g/mol. The van der Waals surface area contributed by atoms with Gasteiger partial charge in [0.15, 0.2) is 17.1 Å². The van der Waals surface area contributed by atoms with E-state index >= 15 is 0 Å². The van der Waals surface area contributed by atoms with Crippen LogP contribution in [0, 0.1) is 6.92 Å². The Morgan fingerprint density at radius 1 is 1.07 bits per heavy atom. The van der Waals surface area contributed by atoms with Crippen LogP contribution in [-0.4, -0.2) is 33.7 Å². The van der Waals surface area contributed by atoms with E-state index in [4.69, 9.17) is 25.8 Å². The molecule has 0 atom stereocenters. The van der Waals surface area contributed by atoms with Gasteiger partial charge < -0.3 is 14.2 Å². The Labute approximate surface area is 177 Å². The minimum atomic E-state index is -0.427. The van der Waals surface area contributed by atoms with E-state index in [1.165, 1.54) is 18.8 Å². The number of halogens is 1. The van der Waals surface area contributed by atoms with Gasteiger partial charge in [-0.25, -0.2) is 14.3 Å². The quantitative estimate of drug-likeness (QED) is 0.506. The standard InChI is InChI=1S/C21H19ClN4O4/c1-12-23-19-18(20(24-12)29-3)25-21(27)26(19)15-10-17(16(28-2)9-14(15)22)30-11-13-7-5-4-6-8-13/h4-10H,11H2,1-3H3,(H,25,27). The Bertz CT molecular complexity index is 1270. The maximum Gasteiger partial charge on any atom is 0.332 e. The number of fused-ring (bicyclic) bond motifs is 1. The van der Waals surface area contributed by atoms with Crippen LogP contribution in [0.4, 0.5) is 0 Å². The SMILES string of the molecule is COc1cc(Cl)c(-n2c(=O)[nH]c3c(OC)nc(C)nc32)cc1OCc1ccccc1. The van der Waals surface area contributed by atoms with Crippen LogP contribution in [-0.2, 0) is 6.61 Å². The number of methoxy groups -OCH3 is 2. The van der Waals surface area contributed by atoms with Crippen LogP contribution in [0.25, 0.3) is 16.9 Å². The number of hydrogen-bond acceptors (Lipinski definition) is 6. The molecule has 2 heterocycles. The van der Waals surface area contributed by atoms with Crippen LogP contribution in [0.3, 0.4) is 0 Å². The van der Waals surface area contributed by atoms with Gasteiger partial charge in [0.25, 0.3) is 0 Å². The lowest BCUT2D eigenvalue weighted by Gasteiger charge is -2.14. The summed E-state index contributed by atoms with van der Waals surface area (Å²) >= 11 is 6.49. The van der Waals surface area contributed by atoms with Crippen molar-refractivity contribution >= 4 is 22.8 Å². The fourth-order valence-electron chi connectivity index (χ4n) is 3.14. The molecule has 1 N–H and O–H groups in total. The van der Waals surface area contributed by atoms with Crippen molar-refractivity contribution in [2.45, 2.75) is 13.5 Å². The molecule has 0 amide bonds. The summed E-state index contributed by atoms with van der Waals surface area (Å²) in [4.78, 5) is 24.1. The summed E-state index contributed by atoms with van der Waals surface area (Å²) in [7, 11) is 3.01. The highest BCUT2D eigenvalue weighted by Gasteiger charge is 2.20. The summed E-state index contributed by atoms with van der Waals surface area (Å²) in [6.45, 7) is 2.05. The number of nitrogens with one attached hydrogen (secondary N) is 1. The maximum absolute atomic E-state index is 12.8. The van der Waals surface area contributed by atoms with Crippen LogP contribution in [0.15, 0.2) is 47.3 Å². The van der Waals surface area contributed by atoms with Crippen LogP contribution in [0.5, 0.6) is 17.4 Å². The number of imidazole rings is 1. The Kier molecular flexibility index (Phi) is 5.33. The van der Waals surface area contributed by atoms with Crippen LogP contribution >= 0.6 is 11.6 Å². The molecule has 0 spiro atoms. The number of hydrogen-bond donors (Lipinski definition) is 1. The lowest BCUT2D eigenvalue weighted by atomic mass is 10.2. The lowest BCUT2D eigenvalue weighted by Crippen LogP contribution is -2.16. The Morgan fingerprint density at radius 3 is 2.53 bits per heavy atom. The third-order valence-corrected chi connectivity index (χ3v) is 4.82. The minimum Gasteiger partial charge on any atom is -0.493 e. The third-order valence-electron chi connectivity index (χ3n) is 4.52. The Balaban J connectivity index is 1.84. The lowest BCUT2D eigenvalue weighted by molar-refractivity contribution is 0.284. The van der Waals surface area contributed by atoms with Gasteiger partial charge in [-0.3, -0.25) is 4.98 Å².